The summed E-state index contributed by atoms with van der Waals surface area (Å²) >= 11 is 19.9. The van der Waals surface area contributed by atoms with Crippen molar-refractivity contribution in [2.45, 2.75) is 75.8 Å². The van der Waals surface area contributed by atoms with Gasteiger partial charge in [-0.3, -0.25) is 14.7 Å². The van der Waals surface area contributed by atoms with Crippen LogP contribution in [0.5, 0.6) is 0 Å². The van der Waals surface area contributed by atoms with Crippen LogP contribution < -0.4 is 15.9 Å². The van der Waals surface area contributed by atoms with Crippen molar-refractivity contribution < 1.29 is 66.8 Å². The molecule has 0 spiro atoms. The van der Waals surface area contributed by atoms with Crippen LogP contribution in [0.2, 0.25) is 17.6 Å². The van der Waals surface area contributed by atoms with Gasteiger partial charge in [0.05, 0.1) is 24.9 Å². The van der Waals surface area contributed by atoms with E-state index in [9.17, 15) is 18.4 Å². The molecule has 414 valence electrons. The highest BCUT2D eigenvalue weighted by atomic mass is 35.5. The van der Waals surface area contributed by atoms with Crippen molar-refractivity contribution in [2.75, 3.05) is 54.9 Å². The maximum atomic E-state index is 14.2. The van der Waals surface area contributed by atoms with Gasteiger partial charge in [-0.2, -0.15) is 15.8 Å². The number of anilines is 3. The smallest absolute Gasteiger partial charge is 0.186 e. The van der Waals surface area contributed by atoms with Gasteiger partial charge < -0.3 is 15.9 Å². The van der Waals surface area contributed by atoms with Crippen LogP contribution in [0.25, 0.3) is 31.0 Å². The van der Waals surface area contributed by atoms with Gasteiger partial charge >= 0.3 is 0 Å². The molecule has 3 fully saturated rings. The molecule has 0 radical (unpaired) electrons. The van der Waals surface area contributed by atoms with E-state index in [0.29, 0.717) is 35.6 Å². The Morgan fingerprint density at radius 2 is 0.901 bits per heavy atom. The molecule has 6 aromatic heterocycles. The molecule has 0 aliphatic carbocycles. The second-order valence-corrected chi connectivity index (χ2v) is 19.6. The predicted octanol–water partition coefficient (Wildman–Crippen LogP) is 11.5. The topological polar surface area (TPSA) is 233 Å². The lowest BCUT2D eigenvalue weighted by Gasteiger charge is -2.32. The third-order valence-electron chi connectivity index (χ3n) is 9.63. The van der Waals surface area contributed by atoms with E-state index in [1.165, 1.54) is 18.2 Å². The van der Waals surface area contributed by atoms with Crippen LogP contribution in [-0.4, -0.2) is 117 Å². The van der Waals surface area contributed by atoms with Crippen molar-refractivity contribution in [1.82, 2.24) is 59.6 Å². The molecule has 3 aliphatic rings. The fourth-order valence-corrected chi connectivity index (χ4v) is 8.96. The minimum Gasteiger partial charge on any atom is -0.365 e. The second-order valence-electron chi connectivity index (χ2n) is 14.9. The number of piperidine rings is 3. The number of nitriles is 3. The lowest BCUT2D eigenvalue weighted by atomic mass is 10.0. The number of halogens is 6. The Hall–Kier alpha value is -7.02. The summed E-state index contributed by atoms with van der Waals surface area (Å²) in [4.78, 5) is 33.1. The van der Waals surface area contributed by atoms with E-state index in [1.807, 2.05) is 0 Å². The van der Waals surface area contributed by atoms with E-state index in [2.05, 4.69) is 44.9 Å². The number of nitrogens with one attached hydrogen (secondary N) is 3. The van der Waals surface area contributed by atoms with Crippen molar-refractivity contribution in [3.05, 3.63) is 138 Å². The molecule has 9 heterocycles. The van der Waals surface area contributed by atoms with Gasteiger partial charge in [-0.25, -0.2) is 58.0 Å². The largest absolute Gasteiger partial charge is 0.365 e. The number of likely N-dealkylation sites (tertiary alicyclic amines) is 3. The number of aromatic nitrogens is 9. The van der Waals surface area contributed by atoms with E-state index in [0.717, 1.165) is 41.1 Å². The molecule has 9 aromatic rings. The molecular weight excluding hydrogens is 1160 g/mol. The van der Waals surface area contributed by atoms with E-state index in [4.69, 9.17) is 98.9 Å². The SMILES string of the molecule is [2H]c1cc(C([2H])N2C([2H])([2H])C([2H])([2H])C([2H])(N([2H])c3ncnc4sc(Cl)nc34)C([2H])([2H])C2([2H])[2H])cc(C#N)c1F.[2H]c1nc(N([2H])C2([2H])C([2H])([2H])C([2H])([2H])N(C([2H])([2H])c3cc([2H])c(F)c(C#N)c3)C([2H])([2H])C2([2H])[2H])c2nc(Cl)sc2n1.[2H]c1nc(N([2H])C2([2H])C([2H])([2H])C([2H])([2H])N(C([2H])c3cc([2H])c(F)c(C#N)c3)C([2H])([2H])C2([2H])[2H])c2nc(Cl)sc2n1. The molecule has 0 bridgehead atoms. The molecule has 3 aromatic carbocycles. The second kappa shape index (κ2) is 26.7. The highest BCUT2D eigenvalue weighted by molar-refractivity contribution is 7.22. The zero-order chi connectivity index (χ0) is 91.2. The Morgan fingerprint density at radius 1 is 0.556 bits per heavy atom. The molecule has 2 atom stereocenters. The van der Waals surface area contributed by atoms with Gasteiger partial charge in [0, 0.05) is 115 Å². The minimum atomic E-state index is -4.01. The molecule has 27 heteroatoms. The van der Waals surface area contributed by atoms with Crippen LogP contribution in [0.1, 0.15) is 121 Å². The van der Waals surface area contributed by atoms with Gasteiger partial charge in [0.25, 0.3) is 0 Å². The van der Waals surface area contributed by atoms with Crippen molar-refractivity contribution in [3.63, 3.8) is 0 Å². The maximum Gasteiger partial charge on any atom is 0.186 e. The van der Waals surface area contributed by atoms with E-state index in [-0.39, 0.29) is 70.2 Å². The number of hydrogen-bond donors (Lipinski definition) is 3. The standard InChI is InChI=1S/3C18H16ClFN6S/c3*19-18-25-15-16(22-10-23-17(15)27-18)24-13-3-5-26(6-4-13)9-11-1-2-14(20)12(7-11)8-21/h3*1-2,7,10,13H,3-6,9H2,(H,22,23,24)/i2D,3D2,4D2,5D2,6D2,9D2,10D,13D;2D,3D2,4D2,5D2,6D2,9D,10D,13D;2D,3D2,4D2,5D2,6D2,9D,13D/hD3. The molecule has 3 aliphatic heterocycles. The number of nitrogens with zero attached hydrogens (tertiary/aromatic N) is 15. The van der Waals surface area contributed by atoms with Crippen LogP contribution >= 0.6 is 68.8 Å². The summed E-state index contributed by atoms with van der Waals surface area (Å²) in [5.41, 5.74) is -5.22. The Labute approximate surface area is 545 Å². The third kappa shape index (κ3) is 14.7. The summed E-state index contributed by atoms with van der Waals surface area (Å²) in [7, 11) is 0. The fourth-order valence-electron chi connectivity index (χ4n) is 6.19. The van der Waals surface area contributed by atoms with Gasteiger partial charge in [-0.1, -0.05) is 87.0 Å². The summed E-state index contributed by atoms with van der Waals surface area (Å²) in [6, 6.07) is -6.09. The van der Waals surface area contributed by atoms with E-state index >= 15 is 0 Å². The lowest BCUT2D eigenvalue weighted by molar-refractivity contribution is 0.211. The first-order valence-electron chi connectivity index (χ1n) is 41.1. The first-order valence-corrected chi connectivity index (χ1v) is 25.2. The Bertz CT molecular complexity index is 5690. The molecular formula is C54H48Cl3F3N18S3. The lowest BCUT2D eigenvalue weighted by Crippen LogP contribution is -2.38. The molecule has 2 unspecified atom stereocenters. The molecule has 18 nitrogen and oxygen atoms in total. The molecule has 3 saturated heterocycles. The first-order chi connectivity index (χ1) is 54.5. The van der Waals surface area contributed by atoms with Gasteiger partial charge in [0.15, 0.2) is 35.1 Å². The van der Waals surface area contributed by atoms with Crippen LogP contribution in [0.15, 0.2) is 73.5 Å². The van der Waals surface area contributed by atoms with Crippen molar-refractivity contribution in [1.29, 1.82) is 15.8 Å². The summed E-state index contributed by atoms with van der Waals surface area (Å²) in [5.74, 6) is -6.22. The quantitative estimate of drug-likeness (QED) is 0.103. The monoisotopic (exact) mass is 1250 g/mol. The van der Waals surface area contributed by atoms with Crippen molar-refractivity contribution >= 4 is 117 Å². The van der Waals surface area contributed by atoms with Crippen LogP contribution in [0.3, 0.4) is 0 Å². The minimum absolute atomic E-state index is 0.0764. The summed E-state index contributed by atoms with van der Waals surface area (Å²) in [6.45, 7) is -31.1. The summed E-state index contributed by atoms with van der Waals surface area (Å²) in [6.07, 6.45) is -24.0. The van der Waals surface area contributed by atoms with E-state index in [1.54, 1.807) is 0 Å². The number of hydrogen-bond acceptors (Lipinski definition) is 21. The van der Waals surface area contributed by atoms with Crippen molar-refractivity contribution in [2.24, 2.45) is 0 Å². The predicted molar refractivity (Wildman–Crippen MR) is 310 cm³/mol. The zero-order valence-electron chi connectivity index (χ0n) is 78.2. The number of rotatable bonds is 12. The summed E-state index contributed by atoms with van der Waals surface area (Å²) in [5, 5.41) is 26.9. The van der Waals surface area contributed by atoms with Gasteiger partial charge in [0.1, 0.15) is 88.4 Å². The number of thiazole rings is 3. The zero-order valence-corrected chi connectivity index (χ0v) is 44.0. The Morgan fingerprint density at radius 3 is 1.30 bits per heavy atom. The van der Waals surface area contributed by atoms with E-state index < -0.39 is 219 Å². The average Bonchev–Trinajstić information content (AvgIpc) is 0.735. The van der Waals surface area contributed by atoms with Crippen LogP contribution in [0.4, 0.5) is 30.6 Å². The summed E-state index contributed by atoms with van der Waals surface area (Å²) < 4.78 is 374. The maximum absolute atomic E-state index is 14.2. The normalized spacial score (nSPS) is 32.4. The number of fused-ring (bicyclic) bond motifs is 3. The van der Waals surface area contributed by atoms with Gasteiger partial charge in [0.2, 0.25) is 0 Å². The van der Waals surface area contributed by atoms with Gasteiger partial charge in [-0.15, -0.1) is 0 Å². The highest BCUT2D eigenvalue weighted by Gasteiger charge is 2.25. The molecule has 12 rings (SSSR count). The molecule has 0 saturated carbocycles. The number of benzene rings is 3. The Balaban J connectivity index is 0.000000189. The molecule has 0 amide bonds. The van der Waals surface area contributed by atoms with Crippen molar-refractivity contribution in [3.8, 4) is 18.2 Å². The fraction of sp³-hybridized carbons (Fsp3) is 0.333. The third-order valence-corrected chi connectivity index (χ3v) is 12.8. The average molecular weight is 1250 g/mol. The molecule has 3 N–H and O–H groups in total. The Kier molecular flexibility index (Phi) is 8.73. The van der Waals surface area contributed by atoms with Crippen LogP contribution in [0, 0.1) is 51.4 Å². The molecule has 81 heavy (non-hydrogen) atoms. The van der Waals surface area contributed by atoms with Gasteiger partial charge in [-0.05, 0) is 91.3 Å². The highest BCUT2D eigenvalue weighted by Crippen LogP contribution is 2.32. The first kappa shape index (κ1) is 26.5. The van der Waals surface area contributed by atoms with Crippen LogP contribution in [-0.2, 0) is 19.5 Å².